The molecule has 0 radical (unpaired) electrons. The minimum Gasteiger partial charge on any atom is -0.493 e. The molecule has 3 rings (SSSR count). The summed E-state index contributed by atoms with van der Waals surface area (Å²) in [6.07, 6.45) is 3.98. The van der Waals surface area contributed by atoms with Crippen molar-refractivity contribution in [2.24, 2.45) is 0 Å². The number of nitrogens with zero attached hydrogens (tertiary/aromatic N) is 3. The lowest BCUT2D eigenvalue weighted by atomic mass is 10.1. The smallest absolute Gasteiger partial charge is 0.252 e. The molecule has 0 aliphatic carbocycles. The number of aromatic nitrogens is 1. The highest BCUT2D eigenvalue weighted by Gasteiger charge is 2.21. The van der Waals surface area contributed by atoms with Gasteiger partial charge in [0.25, 0.3) is 5.91 Å². The van der Waals surface area contributed by atoms with Crippen molar-refractivity contribution in [1.29, 1.82) is 0 Å². The summed E-state index contributed by atoms with van der Waals surface area (Å²) in [5.41, 5.74) is 1.80. The van der Waals surface area contributed by atoms with Crippen LogP contribution in [0.1, 0.15) is 29.3 Å². The second-order valence-corrected chi connectivity index (χ2v) is 7.37. The van der Waals surface area contributed by atoms with Crippen molar-refractivity contribution in [3.05, 3.63) is 59.9 Å². The molecule has 1 aliphatic heterocycles. The number of likely N-dealkylation sites (N-methyl/N-ethyl adjacent to an activating group) is 1. The Balaban J connectivity index is 1.43. The Morgan fingerprint density at radius 3 is 2.89 bits per heavy atom. The molecule has 1 aliphatic rings. The average Bonchev–Trinajstić information content (AvgIpc) is 2.72. The minimum absolute atomic E-state index is 0.0994. The molecule has 2 aromatic rings. The van der Waals surface area contributed by atoms with E-state index in [4.69, 9.17) is 4.74 Å². The number of hydrogen-bond acceptors (Lipinski definition) is 5. The number of piperazine rings is 1. The van der Waals surface area contributed by atoms with Crippen LogP contribution in [0.5, 0.6) is 5.75 Å². The fraction of sp³-hybridized carbons (Fsp3) is 0.455. The molecule has 0 bridgehead atoms. The third-order valence-corrected chi connectivity index (χ3v) is 5.20. The van der Waals surface area contributed by atoms with E-state index in [1.54, 1.807) is 24.5 Å². The summed E-state index contributed by atoms with van der Waals surface area (Å²) >= 11 is 0. The Morgan fingerprint density at radius 1 is 1.25 bits per heavy atom. The fourth-order valence-electron chi connectivity index (χ4n) is 3.34. The predicted octanol–water partition coefficient (Wildman–Crippen LogP) is 2.42. The molecule has 1 unspecified atom stereocenters. The van der Waals surface area contributed by atoms with Crippen LogP contribution in [-0.4, -0.2) is 66.6 Å². The Bertz CT molecular complexity index is 753. The first-order valence-corrected chi connectivity index (χ1v) is 9.95. The maximum atomic E-state index is 12.0. The molecule has 0 spiro atoms. The van der Waals surface area contributed by atoms with Gasteiger partial charge in [-0.2, -0.15) is 0 Å². The third kappa shape index (κ3) is 5.78. The number of ether oxygens (including phenoxy) is 1. The number of hydrogen-bond donors (Lipinski definition) is 1. The second-order valence-electron chi connectivity index (χ2n) is 7.37. The lowest BCUT2D eigenvalue weighted by Gasteiger charge is -2.37. The number of benzene rings is 1. The van der Waals surface area contributed by atoms with E-state index in [1.807, 2.05) is 12.1 Å². The molecule has 1 fully saturated rings. The van der Waals surface area contributed by atoms with E-state index in [0.29, 0.717) is 24.8 Å². The van der Waals surface area contributed by atoms with Gasteiger partial charge in [0.1, 0.15) is 5.75 Å². The molecule has 1 saturated heterocycles. The zero-order chi connectivity index (χ0) is 19.8. The summed E-state index contributed by atoms with van der Waals surface area (Å²) in [5, 5.41) is 2.90. The molecular weight excluding hydrogens is 352 g/mol. The monoisotopic (exact) mass is 382 g/mol. The first kappa shape index (κ1) is 20.3. The Labute approximate surface area is 167 Å². The number of carbonyl (C=O) groups excluding carboxylic acids is 1. The van der Waals surface area contributed by atoms with Crippen LogP contribution in [0, 0.1) is 0 Å². The molecule has 1 atom stereocenters. The molecule has 28 heavy (non-hydrogen) atoms. The summed E-state index contributed by atoms with van der Waals surface area (Å²) in [6, 6.07) is 12.3. The van der Waals surface area contributed by atoms with E-state index < -0.39 is 0 Å². The summed E-state index contributed by atoms with van der Waals surface area (Å²) in [4.78, 5) is 20.9. The molecule has 150 valence electrons. The minimum atomic E-state index is -0.0994. The van der Waals surface area contributed by atoms with Crippen LogP contribution in [0.15, 0.2) is 48.8 Å². The number of amides is 1. The van der Waals surface area contributed by atoms with Gasteiger partial charge >= 0.3 is 0 Å². The summed E-state index contributed by atoms with van der Waals surface area (Å²) in [6.45, 7) is 7.58. The van der Waals surface area contributed by atoms with Crippen LogP contribution in [0.3, 0.4) is 0 Å². The topological polar surface area (TPSA) is 57.7 Å². The Hall–Kier alpha value is -2.44. The number of rotatable bonds is 8. The number of carbonyl (C=O) groups is 1. The number of para-hydroxylation sites is 1. The SMILES string of the molecule is CC1CN(Cc2ccccc2OCCCNC(=O)c2cccnc2)CCN1C. The zero-order valence-electron chi connectivity index (χ0n) is 16.8. The highest BCUT2D eigenvalue weighted by molar-refractivity contribution is 5.93. The van der Waals surface area contributed by atoms with Crippen molar-refractivity contribution in [1.82, 2.24) is 20.1 Å². The van der Waals surface area contributed by atoms with Gasteiger partial charge in [-0.05, 0) is 38.6 Å². The van der Waals surface area contributed by atoms with Crippen LogP contribution in [-0.2, 0) is 6.54 Å². The molecule has 2 heterocycles. The van der Waals surface area contributed by atoms with Gasteiger partial charge in [0.15, 0.2) is 0 Å². The largest absolute Gasteiger partial charge is 0.493 e. The lowest BCUT2D eigenvalue weighted by Crippen LogP contribution is -2.49. The molecule has 1 N–H and O–H groups in total. The summed E-state index contributed by atoms with van der Waals surface area (Å²) in [7, 11) is 2.19. The molecule has 0 saturated carbocycles. The van der Waals surface area contributed by atoms with Gasteiger partial charge < -0.3 is 15.0 Å². The quantitative estimate of drug-likeness (QED) is 0.711. The van der Waals surface area contributed by atoms with Crippen LogP contribution in [0.25, 0.3) is 0 Å². The first-order valence-electron chi connectivity index (χ1n) is 9.95. The van der Waals surface area contributed by atoms with Crippen molar-refractivity contribution < 1.29 is 9.53 Å². The second kappa shape index (κ2) is 10.2. The highest BCUT2D eigenvalue weighted by Crippen LogP contribution is 2.21. The first-order chi connectivity index (χ1) is 13.6. The van der Waals surface area contributed by atoms with Gasteiger partial charge in [-0.1, -0.05) is 18.2 Å². The summed E-state index contributed by atoms with van der Waals surface area (Å²) < 4.78 is 6.01. The van der Waals surface area contributed by atoms with Crippen molar-refractivity contribution in [3.8, 4) is 5.75 Å². The van der Waals surface area contributed by atoms with E-state index in [2.05, 4.69) is 46.2 Å². The van der Waals surface area contributed by atoms with E-state index in [0.717, 1.165) is 38.3 Å². The Morgan fingerprint density at radius 2 is 2.11 bits per heavy atom. The zero-order valence-corrected chi connectivity index (χ0v) is 16.8. The maximum absolute atomic E-state index is 12.0. The van der Waals surface area contributed by atoms with Crippen LogP contribution in [0.2, 0.25) is 0 Å². The normalized spacial score (nSPS) is 18.0. The van der Waals surface area contributed by atoms with Gasteiger partial charge in [-0.15, -0.1) is 0 Å². The number of nitrogens with one attached hydrogen (secondary N) is 1. The van der Waals surface area contributed by atoms with E-state index >= 15 is 0 Å². The van der Waals surface area contributed by atoms with Crippen molar-refractivity contribution >= 4 is 5.91 Å². The maximum Gasteiger partial charge on any atom is 0.252 e. The third-order valence-electron chi connectivity index (χ3n) is 5.20. The lowest BCUT2D eigenvalue weighted by molar-refractivity contribution is 0.0950. The van der Waals surface area contributed by atoms with Crippen molar-refractivity contribution in [3.63, 3.8) is 0 Å². The molecule has 1 aromatic carbocycles. The molecule has 6 nitrogen and oxygen atoms in total. The van der Waals surface area contributed by atoms with Gasteiger partial charge in [-0.3, -0.25) is 14.7 Å². The standard InChI is InChI=1S/C22H30N4O2/c1-18-16-26(13-12-25(18)2)17-20-7-3-4-9-21(20)28-14-6-11-24-22(27)19-8-5-10-23-15-19/h3-5,7-10,15,18H,6,11-14,16-17H2,1-2H3,(H,24,27). The van der Waals surface area contributed by atoms with Gasteiger partial charge in [0.05, 0.1) is 12.2 Å². The molecule has 6 heteroatoms. The molecular formula is C22H30N4O2. The molecule has 1 amide bonds. The summed E-state index contributed by atoms with van der Waals surface area (Å²) in [5.74, 6) is 0.838. The van der Waals surface area contributed by atoms with Gasteiger partial charge in [-0.25, -0.2) is 0 Å². The van der Waals surface area contributed by atoms with Crippen LogP contribution < -0.4 is 10.1 Å². The average molecular weight is 383 g/mol. The fourth-order valence-corrected chi connectivity index (χ4v) is 3.34. The Kier molecular flexibility index (Phi) is 7.39. The van der Waals surface area contributed by atoms with Crippen LogP contribution >= 0.6 is 0 Å². The van der Waals surface area contributed by atoms with Crippen molar-refractivity contribution in [2.75, 3.05) is 39.8 Å². The van der Waals surface area contributed by atoms with E-state index in [9.17, 15) is 4.79 Å². The van der Waals surface area contributed by atoms with Gasteiger partial charge in [0.2, 0.25) is 0 Å². The van der Waals surface area contributed by atoms with Crippen LogP contribution in [0.4, 0.5) is 0 Å². The van der Waals surface area contributed by atoms with Crippen molar-refractivity contribution in [2.45, 2.75) is 25.9 Å². The number of pyridine rings is 1. The van der Waals surface area contributed by atoms with E-state index in [1.165, 1.54) is 5.56 Å². The van der Waals surface area contributed by atoms with Gasteiger partial charge in [0, 0.05) is 56.7 Å². The predicted molar refractivity (Wildman–Crippen MR) is 110 cm³/mol. The molecule has 1 aromatic heterocycles. The highest BCUT2D eigenvalue weighted by atomic mass is 16.5. The van der Waals surface area contributed by atoms with E-state index in [-0.39, 0.29) is 5.91 Å².